The molecule has 2 heteroatoms. The second kappa shape index (κ2) is 16.8. The number of hydrogen-bond donors (Lipinski definition) is 0. The third-order valence-corrected chi connectivity index (χ3v) is 13.0. The molecule has 0 aliphatic carbocycles. The van der Waals surface area contributed by atoms with Gasteiger partial charge in [-0.25, -0.2) is 0 Å². The van der Waals surface area contributed by atoms with Crippen LogP contribution in [-0.4, -0.2) is 4.57 Å². The highest BCUT2D eigenvalue weighted by Crippen LogP contribution is 2.49. The minimum absolute atomic E-state index is 1.08. The molecule has 11 aromatic carbocycles. The van der Waals surface area contributed by atoms with Crippen molar-refractivity contribution in [3.63, 3.8) is 0 Å². The summed E-state index contributed by atoms with van der Waals surface area (Å²) in [6.45, 7) is 0. The molecule has 2 nitrogen and oxygen atoms in total. The highest BCUT2D eigenvalue weighted by atomic mass is 15.1. The van der Waals surface area contributed by atoms with E-state index in [1.165, 1.54) is 71.5 Å². The summed E-state index contributed by atoms with van der Waals surface area (Å²) in [7, 11) is 0. The molecule has 0 saturated carbocycles. The highest BCUT2D eigenvalue weighted by Gasteiger charge is 2.23. The maximum absolute atomic E-state index is 2.45. The lowest BCUT2D eigenvalue weighted by molar-refractivity contribution is 1.18. The average Bonchev–Trinajstić information content (AvgIpc) is 3.73. The van der Waals surface area contributed by atoms with Crippen LogP contribution in [0.1, 0.15) is 0 Å². The molecule has 0 bridgehead atoms. The summed E-state index contributed by atoms with van der Waals surface area (Å²) in [4.78, 5) is 2.45. The van der Waals surface area contributed by atoms with Crippen LogP contribution < -0.4 is 4.90 Å². The predicted molar refractivity (Wildman–Crippen MR) is 280 cm³/mol. The van der Waals surface area contributed by atoms with Gasteiger partial charge in [0.1, 0.15) is 0 Å². The van der Waals surface area contributed by atoms with Gasteiger partial charge in [0, 0.05) is 33.4 Å². The summed E-state index contributed by atoms with van der Waals surface area (Å²) >= 11 is 0. The van der Waals surface area contributed by atoms with Gasteiger partial charge < -0.3 is 9.47 Å². The SMILES string of the molecule is c1ccc(-c2ccccc2-c2c(-c3ccccc3)cccc2-c2ccccc2N(c2cccc(-c3ccc4c(c3)c3ccccc3n4-c3ccccc3)c2)c2ccc3ccccc3c2)cc1. The van der Waals surface area contributed by atoms with E-state index in [9.17, 15) is 0 Å². The van der Waals surface area contributed by atoms with Crippen LogP contribution in [0.25, 0.3) is 93.9 Å². The number of benzene rings is 11. The number of nitrogens with zero attached hydrogens (tertiary/aromatic N) is 2. The molecule has 310 valence electrons. The molecule has 12 aromatic rings. The van der Waals surface area contributed by atoms with Crippen LogP contribution in [0.15, 0.2) is 267 Å². The van der Waals surface area contributed by atoms with Crippen molar-refractivity contribution in [3.8, 4) is 61.3 Å². The van der Waals surface area contributed by atoms with Crippen LogP contribution in [0.3, 0.4) is 0 Å². The van der Waals surface area contributed by atoms with E-state index in [1.54, 1.807) is 0 Å². The molecule has 0 spiro atoms. The van der Waals surface area contributed by atoms with E-state index in [2.05, 4.69) is 276 Å². The van der Waals surface area contributed by atoms with E-state index in [1.807, 2.05) is 0 Å². The smallest absolute Gasteiger partial charge is 0.0541 e. The Morgan fingerprint density at radius 3 is 1.62 bits per heavy atom. The van der Waals surface area contributed by atoms with Gasteiger partial charge in [0.15, 0.2) is 0 Å². The van der Waals surface area contributed by atoms with Crippen molar-refractivity contribution in [2.45, 2.75) is 0 Å². The van der Waals surface area contributed by atoms with Gasteiger partial charge in [0.25, 0.3) is 0 Å². The van der Waals surface area contributed by atoms with E-state index in [-0.39, 0.29) is 0 Å². The summed E-state index contributed by atoms with van der Waals surface area (Å²) in [6.07, 6.45) is 0. The number of aromatic nitrogens is 1. The molecule has 0 amide bonds. The predicted octanol–water partition coefficient (Wildman–Crippen LogP) is 17.7. The van der Waals surface area contributed by atoms with Crippen molar-refractivity contribution in [1.29, 1.82) is 0 Å². The molecule has 12 rings (SSSR count). The Bertz CT molecular complexity index is 3700. The molecule has 0 N–H and O–H groups in total. The normalized spacial score (nSPS) is 11.3. The first-order chi connectivity index (χ1) is 32.8. The first-order valence-corrected chi connectivity index (χ1v) is 22.7. The summed E-state index contributed by atoms with van der Waals surface area (Å²) < 4.78 is 2.38. The lowest BCUT2D eigenvalue weighted by Gasteiger charge is -2.29. The molecule has 0 aliphatic heterocycles. The summed E-state index contributed by atoms with van der Waals surface area (Å²) in [5.41, 5.74) is 18.6. The lowest BCUT2D eigenvalue weighted by Crippen LogP contribution is -2.11. The monoisotopic (exact) mass is 840 g/mol. The molecule has 0 atom stereocenters. The fourth-order valence-electron chi connectivity index (χ4n) is 9.97. The minimum atomic E-state index is 1.08. The molecular formula is C64H44N2. The van der Waals surface area contributed by atoms with E-state index in [0.717, 1.165) is 39.4 Å². The first-order valence-electron chi connectivity index (χ1n) is 22.7. The van der Waals surface area contributed by atoms with E-state index >= 15 is 0 Å². The van der Waals surface area contributed by atoms with Crippen molar-refractivity contribution in [1.82, 2.24) is 4.57 Å². The molecule has 66 heavy (non-hydrogen) atoms. The van der Waals surface area contributed by atoms with Crippen LogP contribution in [0.4, 0.5) is 17.1 Å². The molecule has 0 aliphatic rings. The van der Waals surface area contributed by atoms with Crippen LogP contribution in [0.5, 0.6) is 0 Å². The fourth-order valence-corrected chi connectivity index (χ4v) is 9.97. The number of fused-ring (bicyclic) bond motifs is 4. The van der Waals surface area contributed by atoms with Gasteiger partial charge in [-0.15, -0.1) is 0 Å². The second-order valence-electron chi connectivity index (χ2n) is 16.9. The average molecular weight is 841 g/mol. The van der Waals surface area contributed by atoms with Crippen LogP contribution in [0.2, 0.25) is 0 Å². The standard InChI is InChI=1S/C64H44N2/c1-4-21-46(22-5-1)54-30-12-13-33-58(54)64-55(47-23-6-2-7-24-47)34-19-35-59(64)56-31-14-16-36-61(56)65(53-40-38-45-20-10-11-25-48(45)42-53)52-29-18-26-49(43-52)50-39-41-63-60(44-50)57-32-15-17-37-62(57)66(63)51-27-8-3-9-28-51/h1-44H. The third kappa shape index (κ3) is 6.93. The van der Waals surface area contributed by atoms with E-state index < -0.39 is 0 Å². The number of anilines is 3. The molecule has 1 aromatic heterocycles. The maximum atomic E-state index is 2.45. The Labute approximate surface area is 385 Å². The second-order valence-corrected chi connectivity index (χ2v) is 16.9. The fraction of sp³-hybridized carbons (Fsp3) is 0. The maximum Gasteiger partial charge on any atom is 0.0541 e. The topological polar surface area (TPSA) is 8.17 Å². The Morgan fingerprint density at radius 2 is 0.818 bits per heavy atom. The van der Waals surface area contributed by atoms with Gasteiger partial charge in [-0.05, 0) is 122 Å². The van der Waals surface area contributed by atoms with Crippen molar-refractivity contribution < 1.29 is 0 Å². The first kappa shape index (κ1) is 38.9. The zero-order valence-electron chi connectivity index (χ0n) is 36.3. The van der Waals surface area contributed by atoms with Crippen molar-refractivity contribution in [3.05, 3.63) is 267 Å². The van der Waals surface area contributed by atoms with Gasteiger partial charge >= 0.3 is 0 Å². The molecule has 1 heterocycles. The summed E-state index contributed by atoms with van der Waals surface area (Å²) in [6, 6.07) is 97.1. The van der Waals surface area contributed by atoms with Gasteiger partial charge in [-0.3, -0.25) is 0 Å². The molecule has 0 radical (unpaired) electrons. The minimum Gasteiger partial charge on any atom is -0.310 e. The molecule has 0 fully saturated rings. The molecular weight excluding hydrogens is 797 g/mol. The molecule has 0 unspecified atom stereocenters. The Balaban J connectivity index is 1.07. The van der Waals surface area contributed by atoms with Gasteiger partial charge in [-0.1, -0.05) is 206 Å². The van der Waals surface area contributed by atoms with Gasteiger partial charge in [0.05, 0.1) is 16.7 Å². The van der Waals surface area contributed by atoms with Crippen molar-refractivity contribution in [2.24, 2.45) is 0 Å². The quantitative estimate of drug-likeness (QED) is 0.141. The van der Waals surface area contributed by atoms with Crippen LogP contribution in [-0.2, 0) is 0 Å². The van der Waals surface area contributed by atoms with Gasteiger partial charge in [-0.2, -0.15) is 0 Å². The lowest BCUT2D eigenvalue weighted by atomic mass is 9.84. The number of para-hydroxylation sites is 3. The van der Waals surface area contributed by atoms with Crippen LogP contribution in [0, 0.1) is 0 Å². The summed E-state index contributed by atoms with van der Waals surface area (Å²) in [5.74, 6) is 0. The van der Waals surface area contributed by atoms with Gasteiger partial charge in [0.2, 0.25) is 0 Å². The Hall–Kier alpha value is -8.72. The van der Waals surface area contributed by atoms with E-state index in [4.69, 9.17) is 0 Å². The Kier molecular flexibility index (Phi) is 9.89. The zero-order chi connectivity index (χ0) is 43.8. The largest absolute Gasteiger partial charge is 0.310 e. The van der Waals surface area contributed by atoms with Crippen molar-refractivity contribution in [2.75, 3.05) is 4.90 Å². The number of hydrogen-bond acceptors (Lipinski definition) is 1. The van der Waals surface area contributed by atoms with Crippen molar-refractivity contribution >= 4 is 49.6 Å². The summed E-state index contributed by atoms with van der Waals surface area (Å²) in [5, 5.41) is 4.87. The third-order valence-electron chi connectivity index (χ3n) is 13.0. The highest BCUT2D eigenvalue weighted by molar-refractivity contribution is 6.11. The Morgan fingerprint density at radius 1 is 0.273 bits per heavy atom. The number of rotatable bonds is 9. The zero-order valence-corrected chi connectivity index (χ0v) is 36.3. The molecule has 0 saturated heterocycles. The van der Waals surface area contributed by atoms with E-state index in [0.29, 0.717) is 0 Å². The van der Waals surface area contributed by atoms with Crippen LogP contribution >= 0.6 is 0 Å².